The van der Waals surface area contributed by atoms with Gasteiger partial charge < -0.3 is 26.4 Å². The third kappa shape index (κ3) is 9.84. The lowest BCUT2D eigenvalue weighted by Gasteiger charge is -2.26. The molecule has 0 aliphatic heterocycles. The molecule has 0 bridgehead atoms. The fourth-order valence-electron chi connectivity index (χ4n) is 4.68. The number of aliphatic hydroxyl groups excluding tert-OH is 1. The summed E-state index contributed by atoms with van der Waals surface area (Å²) in [5.41, 5.74) is 7.65. The van der Waals surface area contributed by atoms with Crippen molar-refractivity contribution < 1.29 is 19.5 Å². The Morgan fingerprint density at radius 2 is 1.45 bits per heavy atom. The van der Waals surface area contributed by atoms with Gasteiger partial charge in [0, 0.05) is 52.9 Å². The minimum Gasteiger partial charge on any atom is -0.390 e. The normalized spacial score (nSPS) is 12.4. The molecule has 2 atom stereocenters. The molecular formula is C32H38Cl2N4O4. The smallest absolute Gasteiger partial charge is 0.253 e. The van der Waals surface area contributed by atoms with E-state index < -0.39 is 24.0 Å². The van der Waals surface area contributed by atoms with Gasteiger partial charge in [-0.05, 0) is 66.8 Å². The lowest BCUT2D eigenvalue weighted by atomic mass is 9.99. The first-order chi connectivity index (χ1) is 20.1. The summed E-state index contributed by atoms with van der Waals surface area (Å²) in [6.45, 7) is 5.74. The number of nitrogens with two attached hydrogens (primary N) is 1. The second kappa shape index (κ2) is 16.3. The average Bonchev–Trinajstić information content (AvgIpc) is 2.96. The molecule has 0 unspecified atom stereocenters. The van der Waals surface area contributed by atoms with Crippen LogP contribution in [0.15, 0.2) is 66.7 Å². The minimum absolute atomic E-state index is 0.0437. The first kappa shape index (κ1) is 33.1. The van der Waals surface area contributed by atoms with Gasteiger partial charge in [0.1, 0.15) is 0 Å². The monoisotopic (exact) mass is 612 g/mol. The lowest BCUT2D eigenvalue weighted by Crippen LogP contribution is -2.48. The molecule has 42 heavy (non-hydrogen) atoms. The number of primary amides is 1. The molecular weight excluding hydrogens is 575 g/mol. The molecule has 0 aromatic heterocycles. The number of rotatable bonds is 15. The predicted octanol–water partition coefficient (Wildman–Crippen LogP) is 4.85. The average molecular weight is 614 g/mol. The zero-order chi connectivity index (χ0) is 30.6. The van der Waals surface area contributed by atoms with Gasteiger partial charge in [-0.15, -0.1) is 0 Å². The number of benzene rings is 3. The standard InChI is InChI=1S/C32H38Cl2N4O4/c1-3-10-38(11-4-2)32(42)25-16-23(30(35)40)15-24(17-25)31(41)37-28(14-22-12-26(33)18-27(34)13-22)29(39)20-36-19-21-8-6-5-7-9-21/h5-9,12-13,15-18,28-29,36,39H,3-4,10-11,14,19-20H2,1-2H3,(H2,35,40)(H,37,41)/t28-,29+/m0/s1. The summed E-state index contributed by atoms with van der Waals surface area (Å²) in [7, 11) is 0. The molecule has 0 saturated heterocycles. The topological polar surface area (TPSA) is 125 Å². The number of nitrogens with one attached hydrogen (secondary N) is 2. The Balaban J connectivity index is 1.87. The van der Waals surface area contributed by atoms with Crippen molar-refractivity contribution in [1.29, 1.82) is 0 Å². The summed E-state index contributed by atoms with van der Waals surface area (Å²) < 4.78 is 0. The molecule has 0 heterocycles. The fourth-order valence-corrected chi connectivity index (χ4v) is 5.25. The Kier molecular flexibility index (Phi) is 12.8. The number of amides is 3. The van der Waals surface area contributed by atoms with Crippen LogP contribution < -0.4 is 16.4 Å². The molecule has 0 spiro atoms. The van der Waals surface area contributed by atoms with Gasteiger partial charge in [0.2, 0.25) is 5.91 Å². The van der Waals surface area contributed by atoms with E-state index in [9.17, 15) is 19.5 Å². The van der Waals surface area contributed by atoms with Gasteiger partial charge in [0.15, 0.2) is 0 Å². The van der Waals surface area contributed by atoms with Crippen molar-refractivity contribution in [2.75, 3.05) is 19.6 Å². The maximum atomic E-state index is 13.6. The zero-order valence-electron chi connectivity index (χ0n) is 23.9. The third-order valence-electron chi connectivity index (χ3n) is 6.69. The number of hydrogen-bond donors (Lipinski definition) is 4. The highest BCUT2D eigenvalue weighted by Gasteiger charge is 2.25. The van der Waals surface area contributed by atoms with Crippen LogP contribution in [0.1, 0.15) is 68.9 Å². The fraction of sp³-hybridized carbons (Fsp3) is 0.344. The molecule has 3 aromatic rings. The maximum absolute atomic E-state index is 13.6. The first-order valence-corrected chi connectivity index (χ1v) is 14.8. The van der Waals surface area contributed by atoms with Crippen LogP contribution in [0.25, 0.3) is 0 Å². The van der Waals surface area contributed by atoms with E-state index in [1.807, 2.05) is 44.2 Å². The number of carbonyl (C=O) groups is 3. The van der Waals surface area contributed by atoms with Gasteiger partial charge in [-0.25, -0.2) is 0 Å². The molecule has 0 saturated carbocycles. The molecule has 0 aliphatic carbocycles. The molecule has 3 aromatic carbocycles. The Hall–Kier alpha value is -3.43. The SMILES string of the molecule is CCCN(CCC)C(=O)c1cc(C(N)=O)cc(C(=O)N[C@@H](Cc2cc(Cl)cc(Cl)c2)[C@H](O)CNCc2ccccc2)c1. The van der Waals surface area contributed by atoms with Crippen LogP contribution in [0, 0.1) is 0 Å². The molecule has 8 nitrogen and oxygen atoms in total. The van der Waals surface area contributed by atoms with Gasteiger partial charge in [-0.3, -0.25) is 14.4 Å². The van der Waals surface area contributed by atoms with Gasteiger partial charge in [-0.1, -0.05) is 67.4 Å². The van der Waals surface area contributed by atoms with Crippen LogP contribution in [0.3, 0.4) is 0 Å². The van der Waals surface area contributed by atoms with Crippen molar-refractivity contribution in [1.82, 2.24) is 15.5 Å². The van der Waals surface area contributed by atoms with Crippen LogP contribution >= 0.6 is 23.2 Å². The van der Waals surface area contributed by atoms with Gasteiger partial charge in [0.25, 0.3) is 11.8 Å². The van der Waals surface area contributed by atoms with Crippen LogP contribution in [0.5, 0.6) is 0 Å². The van der Waals surface area contributed by atoms with E-state index in [4.69, 9.17) is 28.9 Å². The quantitative estimate of drug-likeness (QED) is 0.195. The van der Waals surface area contributed by atoms with Crippen LogP contribution in [0.4, 0.5) is 0 Å². The van der Waals surface area contributed by atoms with Crippen LogP contribution in [-0.4, -0.2) is 59.5 Å². The Labute approximate surface area is 257 Å². The van der Waals surface area contributed by atoms with Crippen molar-refractivity contribution in [2.24, 2.45) is 5.73 Å². The highest BCUT2D eigenvalue weighted by atomic mass is 35.5. The Morgan fingerprint density at radius 1 is 0.857 bits per heavy atom. The van der Waals surface area contributed by atoms with Crippen molar-refractivity contribution in [3.8, 4) is 0 Å². The molecule has 3 amide bonds. The summed E-state index contributed by atoms with van der Waals surface area (Å²) in [6, 6.07) is 18.2. The number of hydrogen-bond acceptors (Lipinski definition) is 5. The van der Waals surface area contributed by atoms with E-state index in [0.29, 0.717) is 29.7 Å². The Bertz CT molecular complexity index is 1340. The van der Waals surface area contributed by atoms with Crippen molar-refractivity contribution in [3.05, 3.63) is 105 Å². The maximum Gasteiger partial charge on any atom is 0.253 e. The predicted molar refractivity (Wildman–Crippen MR) is 167 cm³/mol. The van der Waals surface area contributed by atoms with Crippen LogP contribution in [-0.2, 0) is 13.0 Å². The van der Waals surface area contributed by atoms with Gasteiger partial charge in [0.05, 0.1) is 12.1 Å². The van der Waals surface area contributed by atoms with Gasteiger partial charge >= 0.3 is 0 Å². The largest absolute Gasteiger partial charge is 0.390 e. The van der Waals surface area contributed by atoms with Crippen LogP contribution in [0.2, 0.25) is 10.0 Å². The first-order valence-electron chi connectivity index (χ1n) is 14.0. The van der Waals surface area contributed by atoms with Crippen molar-refractivity contribution in [3.63, 3.8) is 0 Å². The molecule has 224 valence electrons. The molecule has 0 radical (unpaired) electrons. The second-order valence-electron chi connectivity index (χ2n) is 10.2. The molecule has 0 fully saturated rings. The van der Waals surface area contributed by atoms with E-state index in [0.717, 1.165) is 24.0 Å². The summed E-state index contributed by atoms with van der Waals surface area (Å²) in [5.74, 6) is -1.61. The van der Waals surface area contributed by atoms with E-state index in [2.05, 4.69) is 10.6 Å². The summed E-state index contributed by atoms with van der Waals surface area (Å²) in [6.07, 6.45) is 0.753. The summed E-state index contributed by atoms with van der Waals surface area (Å²) in [5, 5.41) is 18.2. The van der Waals surface area contributed by atoms with Crippen molar-refractivity contribution in [2.45, 2.75) is 51.8 Å². The number of carbonyl (C=O) groups excluding carboxylic acids is 3. The van der Waals surface area contributed by atoms with E-state index in [-0.39, 0.29) is 35.6 Å². The summed E-state index contributed by atoms with van der Waals surface area (Å²) >= 11 is 12.4. The van der Waals surface area contributed by atoms with E-state index in [1.165, 1.54) is 18.2 Å². The highest BCUT2D eigenvalue weighted by Crippen LogP contribution is 2.21. The molecule has 5 N–H and O–H groups in total. The minimum atomic E-state index is -1.000. The summed E-state index contributed by atoms with van der Waals surface area (Å²) in [4.78, 5) is 40.7. The van der Waals surface area contributed by atoms with E-state index >= 15 is 0 Å². The Morgan fingerprint density at radius 3 is 2.05 bits per heavy atom. The van der Waals surface area contributed by atoms with Crippen molar-refractivity contribution >= 4 is 40.9 Å². The highest BCUT2D eigenvalue weighted by molar-refractivity contribution is 6.34. The zero-order valence-corrected chi connectivity index (χ0v) is 25.4. The van der Waals surface area contributed by atoms with E-state index in [1.54, 1.807) is 23.1 Å². The molecule has 0 aliphatic rings. The van der Waals surface area contributed by atoms with Gasteiger partial charge in [-0.2, -0.15) is 0 Å². The third-order valence-corrected chi connectivity index (χ3v) is 7.12. The second-order valence-corrected chi connectivity index (χ2v) is 11.1. The molecule has 3 rings (SSSR count). The molecule has 10 heteroatoms. The number of halogens is 2. The number of nitrogens with zero attached hydrogens (tertiary/aromatic N) is 1. The number of aliphatic hydroxyl groups is 1. The lowest BCUT2D eigenvalue weighted by molar-refractivity contribution is 0.0755.